The highest BCUT2D eigenvalue weighted by molar-refractivity contribution is 5.78. The maximum absolute atomic E-state index is 12.4. The van der Waals surface area contributed by atoms with E-state index in [1.54, 1.807) is 4.90 Å². The average Bonchev–Trinajstić information content (AvgIpc) is 3.03. The number of furan rings is 1. The summed E-state index contributed by atoms with van der Waals surface area (Å²) < 4.78 is 5.69. The Labute approximate surface area is 140 Å². The van der Waals surface area contributed by atoms with Crippen LogP contribution in [0.5, 0.6) is 0 Å². The normalized spacial score (nSPS) is 10.7. The van der Waals surface area contributed by atoms with Crippen LogP contribution in [0.1, 0.15) is 11.3 Å². The Balaban J connectivity index is 1.62. The quantitative estimate of drug-likeness (QED) is 0.732. The van der Waals surface area contributed by atoms with Crippen LogP contribution in [0.25, 0.3) is 11.0 Å². The highest BCUT2D eigenvalue weighted by Gasteiger charge is 2.14. The average molecular weight is 324 g/mol. The van der Waals surface area contributed by atoms with Crippen molar-refractivity contribution in [1.82, 2.24) is 10.2 Å². The molecule has 2 aromatic carbocycles. The summed E-state index contributed by atoms with van der Waals surface area (Å²) >= 11 is 0. The van der Waals surface area contributed by atoms with Gasteiger partial charge in [0.25, 0.3) is 0 Å². The van der Waals surface area contributed by atoms with Gasteiger partial charge in [0.15, 0.2) is 0 Å². The molecule has 3 aromatic rings. The van der Waals surface area contributed by atoms with Crippen molar-refractivity contribution in [3.63, 3.8) is 0 Å². The van der Waals surface area contributed by atoms with Crippen molar-refractivity contribution in [2.24, 2.45) is 0 Å². The molecule has 0 saturated heterocycles. The Morgan fingerprint density at radius 2 is 1.83 bits per heavy atom. The van der Waals surface area contributed by atoms with Crippen LogP contribution >= 0.6 is 0 Å². The highest BCUT2D eigenvalue weighted by atomic mass is 16.3. The minimum Gasteiger partial charge on any atom is -0.459 e. The van der Waals surface area contributed by atoms with Gasteiger partial charge in [0.2, 0.25) is 0 Å². The summed E-state index contributed by atoms with van der Waals surface area (Å²) in [5.41, 5.74) is 1.82. The van der Waals surface area contributed by atoms with E-state index in [2.05, 4.69) is 5.32 Å². The largest absolute Gasteiger partial charge is 0.459 e. The lowest BCUT2D eigenvalue weighted by molar-refractivity contribution is 0.173. The molecule has 24 heavy (non-hydrogen) atoms. The van der Waals surface area contributed by atoms with Gasteiger partial charge in [-0.15, -0.1) is 0 Å². The van der Waals surface area contributed by atoms with Gasteiger partial charge >= 0.3 is 6.03 Å². The zero-order valence-corrected chi connectivity index (χ0v) is 13.3. The molecule has 0 saturated carbocycles. The number of nitrogens with one attached hydrogen (secondary N) is 1. The molecule has 3 rings (SSSR count). The van der Waals surface area contributed by atoms with E-state index in [4.69, 9.17) is 4.42 Å². The maximum atomic E-state index is 12.4. The summed E-state index contributed by atoms with van der Waals surface area (Å²) in [6.07, 6.45) is 0. The van der Waals surface area contributed by atoms with Gasteiger partial charge in [-0.1, -0.05) is 48.5 Å². The van der Waals surface area contributed by atoms with Gasteiger partial charge < -0.3 is 19.7 Å². The summed E-state index contributed by atoms with van der Waals surface area (Å²) in [6, 6.07) is 19.1. The van der Waals surface area contributed by atoms with E-state index < -0.39 is 0 Å². The Bertz CT molecular complexity index is 765. The number of hydrogen-bond acceptors (Lipinski definition) is 3. The Hall–Kier alpha value is -2.79. The molecule has 2 N–H and O–H groups in total. The van der Waals surface area contributed by atoms with Crippen molar-refractivity contribution in [3.8, 4) is 0 Å². The molecule has 5 heteroatoms. The number of para-hydroxylation sites is 1. The summed E-state index contributed by atoms with van der Waals surface area (Å²) in [5.74, 6) is 0.702. The van der Waals surface area contributed by atoms with Crippen LogP contribution in [0.2, 0.25) is 0 Å². The lowest BCUT2D eigenvalue weighted by Gasteiger charge is -2.22. The number of aliphatic hydroxyl groups excluding tert-OH is 1. The van der Waals surface area contributed by atoms with Crippen LogP contribution in [0.4, 0.5) is 4.79 Å². The van der Waals surface area contributed by atoms with E-state index in [1.807, 2.05) is 60.7 Å². The SMILES string of the molecule is O=C(NCc1cc2ccccc2o1)N(CCO)Cc1ccccc1. The number of amides is 2. The number of fused-ring (bicyclic) bond motifs is 1. The molecule has 0 spiro atoms. The fraction of sp³-hybridized carbons (Fsp3) is 0.211. The van der Waals surface area contributed by atoms with Crippen LogP contribution in [-0.4, -0.2) is 29.2 Å². The number of nitrogens with zero attached hydrogens (tertiary/aromatic N) is 1. The van der Waals surface area contributed by atoms with Crippen molar-refractivity contribution in [3.05, 3.63) is 72.0 Å². The number of benzene rings is 2. The minimum atomic E-state index is -0.228. The summed E-state index contributed by atoms with van der Waals surface area (Å²) in [7, 11) is 0. The van der Waals surface area contributed by atoms with E-state index in [0.29, 0.717) is 18.8 Å². The Kier molecular flexibility index (Phi) is 5.13. The first-order valence-electron chi connectivity index (χ1n) is 7.91. The number of rotatable bonds is 6. The second kappa shape index (κ2) is 7.66. The third-order valence-corrected chi connectivity index (χ3v) is 3.76. The van der Waals surface area contributed by atoms with E-state index >= 15 is 0 Å². The third kappa shape index (κ3) is 3.94. The predicted molar refractivity (Wildman–Crippen MR) is 92.4 cm³/mol. The molecule has 0 atom stereocenters. The fourth-order valence-electron chi connectivity index (χ4n) is 2.58. The van der Waals surface area contributed by atoms with Gasteiger partial charge in [-0.3, -0.25) is 0 Å². The maximum Gasteiger partial charge on any atom is 0.318 e. The number of carbonyl (C=O) groups excluding carboxylic acids is 1. The molecule has 0 bridgehead atoms. The van der Waals surface area contributed by atoms with Crippen LogP contribution < -0.4 is 5.32 Å². The van der Waals surface area contributed by atoms with E-state index in [9.17, 15) is 9.90 Å². The summed E-state index contributed by atoms with van der Waals surface area (Å²) in [4.78, 5) is 14.0. The summed E-state index contributed by atoms with van der Waals surface area (Å²) in [6.45, 7) is 0.962. The second-order valence-corrected chi connectivity index (χ2v) is 5.54. The van der Waals surface area contributed by atoms with Gasteiger partial charge in [0, 0.05) is 18.5 Å². The van der Waals surface area contributed by atoms with Crippen LogP contribution in [0.15, 0.2) is 65.1 Å². The van der Waals surface area contributed by atoms with E-state index in [1.165, 1.54) is 0 Å². The molecule has 0 unspecified atom stereocenters. The molecule has 2 amide bonds. The highest BCUT2D eigenvalue weighted by Crippen LogP contribution is 2.18. The first kappa shape index (κ1) is 16.1. The Morgan fingerprint density at radius 3 is 2.58 bits per heavy atom. The second-order valence-electron chi connectivity index (χ2n) is 5.54. The number of aliphatic hydroxyl groups is 1. The molecule has 0 radical (unpaired) electrons. The monoisotopic (exact) mass is 324 g/mol. The molecule has 124 valence electrons. The summed E-state index contributed by atoms with van der Waals surface area (Å²) in [5, 5.41) is 13.1. The van der Waals surface area contributed by atoms with Gasteiger partial charge in [-0.05, 0) is 17.7 Å². The molecule has 0 aliphatic rings. The first-order valence-corrected chi connectivity index (χ1v) is 7.91. The minimum absolute atomic E-state index is 0.0785. The molecule has 0 aliphatic carbocycles. The molecular weight excluding hydrogens is 304 g/mol. The fourth-order valence-corrected chi connectivity index (χ4v) is 2.58. The van der Waals surface area contributed by atoms with Crippen molar-refractivity contribution < 1.29 is 14.3 Å². The molecule has 5 nitrogen and oxygen atoms in total. The lowest BCUT2D eigenvalue weighted by Crippen LogP contribution is -2.40. The van der Waals surface area contributed by atoms with E-state index in [0.717, 1.165) is 16.5 Å². The predicted octanol–water partition coefficient (Wildman–Crippen LogP) is 3.14. The van der Waals surface area contributed by atoms with Gasteiger partial charge in [0.05, 0.1) is 13.2 Å². The number of carbonyl (C=O) groups is 1. The van der Waals surface area contributed by atoms with Crippen LogP contribution in [0.3, 0.4) is 0 Å². The van der Waals surface area contributed by atoms with Crippen molar-refractivity contribution >= 4 is 17.0 Å². The topological polar surface area (TPSA) is 65.7 Å². The van der Waals surface area contributed by atoms with Crippen molar-refractivity contribution in [1.29, 1.82) is 0 Å². The van der Waals surface area contributed by atoms with Crippen molar-refractivity contribution in [2.45, 2.75) is 13.1 Å². The molecule has 1 aromatic heterocycles. The van der Waals surface area contributed by atoms with Gasteiger partial charge in [-0.2, -0.15) is 0 Å². The van der Waals surface area contributed by atoms with E-state index in [-0.39, 0.29) is 19.2 Å². The first-order chi connectivity index (χ1) is 11.8. The smallest absolute Gasteiger partial charge is 0.318 e. The zero-order valence-electron chi connectivity index (χ0n) is 13.3. The number of hydrogen-bond donors (Lipinski definition) is 2. The molecule has 1 heterocycles. The van der Waals surface area contributed by atoms with Crippen molar-refractivity contribution in [2.75, 3.05) is 13.2 Å². The van der Waals surface area contributed by atoms with Gasteiger partial charge in [-0.25, -0.2) is 4.79 Å². The molecular formula is C19H20N2O3. The Morgan fingerprint density at radius 1 is 1.08 bits per heavy atom. The number of urea groups is 1. The molecule has 0 fully saturated rings. The van der Waals surface area contributed by atoms with Crippen LogP contribution in [-0.2, 0) is 13.1 Å². The standard InChI is InChI=1S/C19H20N2O3/c22-11-10-21(14-15-6-2-1-3-7-15)19(23)20-13-17-12-16-8-4-5-9-18(16)24-17/h1-9,12,22H,10-11,13-14H2,(H,20,23). The van der Waals surface area contributed by atoms with Gasteiger partial charge in [0.1, 0.15) is 11.3 Å². The lowest BCUT2D eigenvalue weighted by atomic mass is 10.2. The zero-order chi connectivity index (χ0) is 16.8. The van der Waals surface area contributed by atoms with Crippen LogP contribution in [0, 0.1) is 0 Å². The molecule has 0 aliphatic heterocycles. The third-order valence-electron chi connectivity index (χ3n) is 3.76.